The first kappa shape index (κ1) is 26.7. The summed E-state index contributed by atoms with van der Waals surface area (Å²) in [5.74, 6) is 1.81. The molecule has 208 valence electrons. The minimum absolute atomic E-state index is 0.102. The van der Waals surface area contributed by atoms with E-state index in [1.54, 1.807) is 12.1 Å². The van der Waals surface area contributed by atoms with Gasteiger partial charge in [0, 0.05) is 55.4 Å². The van der Waals surface area contributed by atoms with Crippen LogP contribution in [0.25, 0.3) is 22.6 Å². The van der Waals surface area contributed by atoms with Gasteiger partial charge in [0.05, 0.1) is 22.9 Å². The SMILES string of the molecule is CCC[C@H]1CN(c2ncc(-c3nc4ccccc4[nH]3)nc2C)CCN1C1CCN(C(=O)c2ccc(Cl)cc2)CC1. The number of aromatic amines is 1. The number of imidazole rings is 1. The molecule has 40 heavy (non-hydrogen) atoms. The van der Waals surface area contributed by atoms with Crippen molar-refractivity contribution in [1.82, 2.24) is 29.7 Å². The van der Waals surface area contributed by atoms with Crippen LogP contribution >= 0.6 is 11.6 Å². The van der Waals surface area contributed by atoms with Gasteiger partial charge in [-0.05, 0) is 62.6 Å². The summed E-state index contributed by atoms with van der Waals surface area (Å²) in [7, 11) is 0. The number of aromatic nitrogens is 4. The van der Waals surface area contributed by atoms with Gasteiger partial charge in [-0.2, -0.15) is 0 Å². The number of rotatable bonds is 6. The van der Waals surface area contributed by atoms with Crippen LogP contribution < -0.4 is 4.90 Å². The van der Waals surface area contributed by atoms with Crippen molar-refractivity contribution in [2.24, 2.45) is 0 Å². The van der Waals surface area contributed by atoms with E-state index >= 15 is 0 Å². The lowest BCUT2D eigenvalue weighted by Gasteiger charge is -2.48. The summed E-state index contributed by atoms with van der Waals surface area (Å²) >= 11 is 6.01. The Labute approximate surface area is 240 Å². The van der Waals surface area contributed by atoms with Gasteiger partial charge in [0.15, 0.2) is 5.82 Å². The van der Waals surface area contributed by atoms with Crippen molar-refractivity contribution >= 4 is 34.4 Å². The van der Waals surface area contributed by atoms with Crippen LogP contribution in [0.15, 0.2) is 54.7 Å². The Morgan fingerprint density at radius 2 is 1.80 bits per heavy atom. The molecule has 2 aliphatic rings. The monoisotopic (exact) mass is 557 g/mol. The molecule has 4 heterocycles. The summed E-state index contributed by atoms with van der Waals surface area (Å²) in [5, 5.41) is 0.652. The fourth-order valence-electron chi connectivity index (χ4n) is 6.28. The predicted octanol–water partition coefficient (Wildman–Crippen LogP) is 5.58. The van der Waals surface area contributed by atoms with Crippen LogP contribution in [0.2, 0.25) is 5.02 Å². The van der Waals surface area contributed by atoms with Crippen LogP contribution in [-0.4, -0.2) is 80.5 Å². The van der Waals surface area contributed by atoms with E-state index in [2.05, 4.69) is 21.7 Å². The second kappa shape index (κ2) is 11.6. The lowest BCUT2D eigenvalue weighted by molar-refractivity contribution is 0.0481. The van der Waals surface area contributed by atoms with E-state index in [-0.39, 0.29) is 5.91 Å². The number of nitrogens with zero attached hydrogens (tertiary/aromatic N) is 6. The van der Waals surface area contributed by atoms with Crippen LogP contribution in [0.4, 0.5) is 5.82 Å². The van der Waals surface area contributed by atoms with Gasteiger partial charge in [-0.3, -0.25) is 9.69 Å². The number of fused-ring (bicyclic) bond motifs is 1. The lowest BCUT2D eigenvalue weighted by atomic mass is 9.97. The van der Waals surface area contributed by atoms with Gasteiger partial charge < -0.3 is 14.8 Å². The molecule has 1 amide bonds. The molecular weight excluding hydrogens is 522 g/mol. The summed E-state index contributed by atoms with van der Waals surface area (Å²) in [6, 6.07) is 16.2. The van der Waals surface area contributed by atoms with Crippen LogP contribution in [-0.2, 0) is 0 Å². The van der Waals surface area contributed by atoms with Gasteiger partial charge >= 0.3 is 0 Å². The topological polar surface area (TPSA) is 81.2 Å². The second-order valence-electron chi connectivity index (χ2n) is 10.9. The number of nitrogens with one attached hydrogen (secondary N) is 1. The molecular formula is C31H36ClN7O. The second-order valence-corrected chi connectivity index (χ2v) is 11.4. The Morgan fingerprint density at radius 3 is 2.52 bits per heavy atom. The van der Waals surface area contributed by atoms with E-state index in [9.17, 15) is 4.79 Å². The van der Waals surface area contributed by atoms with Crippen molar-refractivity contribution in [2.45, 2.75) is 51.6 Å². The first-order chi connectivity index (χ1) is 19.5. The molecule has 2 saturated heterocycles. The van der Waals surface area contributed by atoms with E-state index < -0.39 is 0 Å². The van der Waals surface area contributed by atoms with Gasteiger partial charge in [0.2, 0.25) is 0 Å². The fraction of sp³-hybridized carbons (Fsp3) is 0.419. The van der Waals surface area contributed by atoms with Gasteiger partial charge in [-0.25, -0.2) is 15.0 Å². The quantitative estimate of drug-likeness (QED) is 0.333. The van der Waals surface area contributed by atoms with Crippen molar-refractivity contribution in [3.05, 3.63) is 71.0 Å². The van der Waals surface area contributed by atoms with Gasteiger partial charge in [0.1, 0.15) is 11.5 Å². The normalized spacial score (nSPS) is 18.9. The predicted molar refractivity (Wildman–Crippen MR) is 160 cm³/mol. The summed E-state index contributed by atoms with van der Waals surface area (Å²) in [6.45, 7) is 8.74. The van der Waals surface area contributed by atoms with Gasteiger partial charge in [0.25, 0.3) is 5.91 Å². The van der Waals surface area contributed by atoms with Gasteiger partial charge in [-0.15, -0.1) is 0 Å². The average Bonchev–Trinajstić information content (AvgIpc) is 3.42. The molecule has 6 rings (SSSR count). The number of amides is 1. The maximum atomic E-state index is 13.0. The maximum absolute atomic E-state index is 13.0. The summed E-state index contributed by atoms with van der Waals surface area (Å²) in [4.78, 5) is 37.9. The summed E-state index contributed by atoms with van der Waals surface area (Å²) in [6.07, 6.45) is 6.13. The van der Waals surface area contributed by atoms with Crippen molar-refractivity contribution in [3.63, 3.8) is 0 Å². The molecule has 1 atom stereocenters. The van der Waals surface area contributed by atoms with E-state index in [1.165, 1.54) is 0 Å². The van der Waals surface area contributed by atoms with Crippen molar-refractivity contribution in [2.75, 3.05) is 37.6 Å². The van der Waals surface area contributed by atoms with E-state index in [0.717, 1.165) is 92.5 Å². The molecule has 9 heteroatoms. The number of anilines is 1. The Morgan fingerprint density at radius 1 is 1.02 bits per heavy atom. The third-order valence-electron chi connectivity index (χ3n) is 8.31. The average molecular weight is 558 g/mol. The van der Waals surface area contributed by atoms with Crippen LogP contribution in [0.5, 0.6) is 0 Å². The molecule has 0 unspecified atom stereocenters. The van der Waals surface area contributed by atoms with E-state index in [1.807, 2.05) is 54.4 Å². The molecule has 2 aromatic carbocycles. The number of carbonyl (C=O) groups excluding carboxylic acids is 1. The standard InChI is InChI=1S/C31H36ClN7O/c1-3-6-25-20-38(30-21(2)34-28(19-33-30)29-35-26-7-4-5-8-27(26)36-29)17-18-39(25)24-13-15-37(16-14-24)31(40)22-9-11-23(32)12-10-22/h4-5,7-12,19,24-25H,3,6,13-18,20H2,1-2H3,(H,35,36)/t25-/m0/s1. The number of likely N-dealkylation sites (tertiary alicyclic amines) is 1. The first-order valence-electron chi connectivity index (χ1n) is 14.3. The number of benzene rings is 2. The first-order valence-corrected chi connectivity index (χ1v) is 14.7. The number of aryl methyl sites for hydroxylation is 1. The highest BCUT2D eigenvalue weighted by molar-refractivity contribution is 6.30. The lowest BCUT2D eigenvalue weighted by Crippen LogP contribution is -2.59. The summed E-state index contributed by atoms with van der Waals surface area (Å²) in [5.41, 5.74) is 4.33. The number of para-hydroxylation sites is 2. The molecule has 0 bridgehead atoms. The number of hydrogen-bond donors (Lipinski definition) is 1. The zero-order valence-corrected chi connectivity index (χ0v) is 23.9. The van der Waals surface area contributed by atoms with Crippen LogP contribution in [0, 0.1) is 6.92 Å². The largest absolute Gasteiger partial charge is 0.352 e. The highest BCUT2D eigenvalue weighted by Crippen LogP contribution is 2.29. The number of piperidine rings is 1. The number of halogens is 1. The highest BCUT2D eigenvalue weighted by atomic mass is 35.5. The van der Waals surface area contributed by atoms with Gasteiger partial charge in [-0.1, -0.05) is 37.1 Å². The molecule has 2 aromatic heterocycles. The molecule has 4 aromatic rings. The number of H-pyrrole nitrogens is 1. The van der Waals surface area contributed by atoms with Crippen LogP contribution in [0.3, 0.4) is 0 Å². The maximum Gasteiger partial charge on any atom is 0.253 e. The van der Waals surface area contributed by atoms with E-state index in [4.69, 9.17) is 26.6 Å². The minimum atomic E-state index is 0.102. The van der Waals surface area contributed by atoms with E-state index in [0.29, 0.717) is 22.7 Å². The molecule has 0 spiro atoms. The third kappa shape index (κ3) is 5.43. The smallest absolute Gasteiger partial charge is 0.253 e. The molecule has 1 N–H and O–H groups in total. The third-order valence-corrected chi connectivity index (χ3v) is 8.57. The fourth-order valence-corrected chi connectivity index (χ4v) is 6.41. The Hall–Kier alpha value is -3.49. The number of carbonyl (C=O) groups is 1. The molecule has 0 saturated carbocycles. The molecule has 0 radical (unpaired) electrons. The Kier molecular flexibility index (Phi) is 7.71. The minimum Gasteiger partial charge on any atom is -0.352 e. The number of piperazine rings is 1. The Bertz CT molecular complexity index is 1450. The zero-order chi connectivity index (χ0) is 27.6. The highest BCUT2D eigenvalue weighted by Gasteiger charge is 2.35. The summed E-state index contributed by atoms with van der Waals surface area (Å²) < 4.78 is 0. The molecule has 2 aliphatic heterocycles. The molecule has 2 fully saturated rings. The van der Waals surface area contributed by atoms with Crippen molar-refractivity contribution < 1.29 is 4.79 Å². The van der Waals surface area contributed by atoms with Crippen LogP contribution in [0.1, 0.15) is 48.7 Å². The van der Waals surface area contributed by atoms with Crippen molar-refractivity contribution in [1.29, 1.82) is 0 Å². The van der Waals surface area contributed by atoms with Crippen molar-refractivity contribution in [3.8, 4) is 11.5 Å². The number of hydrogen-bond acceptors (Lipinski definition) is 6. The zero-order valence-electron chi connectivity index (χ0n) is 23.2. The molecule has 8 nitrogen and oxygen atoms in total. The molecule has 0 aliphatic carbocycles. The Balaban J connectivity index is 1.11.